The minimum atomic E-state index is -0.360. The van der Waals surface area contributed by atoms with Crippen LogP contribution in [0.1, 0.15) is 21.7 Å². The summed E-state index contributed by atoms with van der Waals surface area (Å²) in [4.78, 5) is 24.4. The molecule has 0 saturated heterocycles. The third kappa shape index (κ3) is 3.59. The van der Waals surface area contributed by atoms with Gasteiger partial charge in [0.05, 0.1) is 11.3 Å². The van der Waals surface area contributed by atoms with Gasteiger partial charge in [0.25, 0.3) is 5.91 Å². The summed E-state index contributed by atoms with van der Waals surface area (Å²) in [5.41, 5.74) is 3.86. The van der Waals surface area contributed by atoms with E-state index < -0.39 is 0 Å². The minimum absolute atomic E-state index is 0.216. The Balaban J connectivity index is 1.43. The normalized spacial score (nSPS) is 11.0. The van der Waals surface area contributed by atoms with E-state index in [1.54, 1.807) is 29.8 Å². The zero-order valence-corrected chi connectivity index (χ0v) is 15.4. The van der Waals surface area contributed by atoms with Crippen molar-refractivity contribution in [2.45, 2.75) is 13.3 Å². The summed E-state index contributed by atoms with van der Waals surface area (Å²) in [6, 6.07) is 8.25. The Hall–Kier alpha value is -3.06. The number of rotatable bonds is 5. The number of nitrogens with zero attached hydrogens (tertiary/aromatic N) is 2. The Labute approximate surface area is 159 Å². The highest BCUT2D eigenvalue weighted by atomic mass is 32.1. The van der Waals surface area contributed by atoms with Crippen molar-refractivity contribution >= 4 is 28.1 Å². The van der Waals surface area contributed by atoms with Crippen LogP contribution in [0.2, 0.25) is 0 Å². The topological polar surface area (TPSA) is 70.7 Å². The number of aromatic nitrogens is 3. The quantitative estimate of drug-likeness (QED) is 0.547. The predicted octanol–water partition coefficient (Wildman–Crippen LogP) is 4.11. The van der Waals surface area contributed by atoms with E-state index in [9.17, 15) is 9.18 Å². The largest absolute Gasteiger partial charge is 0.358 e. The van der Waals surface area contributed by atoms with Crippen molar-refractivity contribution in [2.24, 2.45) is 0 Å². The van der Waals surface area contributed by atoms with Crippen LogP contribution in [0.3, 0.4) is 0 Å². The van der Waals surface area contributed by atoms with Gasteiger partial charge in [0.1, 0.15) is 10.8 Å². The summed E-state index contributed by atoms with van der Waals surface area (Å²) in [6.07, 6.45) is 4.13. The Bertz CT molecular complexity index is 1100. The second-order valence-corrected chi connectivity index (χ2v) is 7.06. The van der Waals surface area contributed by atoms with Crippen LogP contribution in [0.15, 0.2) is 48.1 Å². The van der Waals surface area contributed by atoms with Crippen molar-refractivity contribution in [3.8, 4) is 10.6 Å². The van der Waals surface area contributed by atoms with Crippen LogP contribution in [-0.2, 0) is 6.42 Å². The van der Waals surface area contributed by atoms with Gasteiger partial charge in [-0.15, -0.1) is 11.3 Å². The van der Waals surface area contributed by atoms with Crippen molar-refractivity contribution in [3.63, 3.8) is 0 Å². The van der Waals surface area contributed by atoms with E-state index in [0.717, 1.165) is 27.5 Å². The molecule has 0 saturated carbocycles. The zero-order valence-electron chi connectivity index (χ0n) is 14.6. The number of H-pyrrole nitrogens is 1. The molecule has 136 valence electrons. The van der Waals surface area contributed by atoms with Gasteiger partial charge < -0.3 is 10.3 Å². The molecular weight excluding hydrogens is 363 g/mol. The first kappa shape index (κ1) is 17.4. The second-order valence-electron chi connectivity index (χ2n) is 6.21. The van der Waals surface area contributed by atoms with Gasteiger partial charge in [-0.3, -0.25) is 9.78 Å². The van der Waals surface area contributed by atoms with Gasteiger partial charge >= 0.3 is 0 Å². The standard InChI is InChI=1S/C20H17FN4OS/c1-12-18(16-9-14(21)4-5-17(16)24-12)19(26)23-8-6-15-11-27-20(25-15)13-3-2-7-22-10-13/h2-5,7,9-11,24H,6,8H2,1H3,(H,23,26). The number of carbonyl (C=O) groups excluding carboxylic acids is 1. The van der Waals surface area contributed by atoms with E-state index in [2.05, 4.69) is 20.3 Å². The van der Waals surface area contributed by atoms with Gasteiger partial charge in [-0.1, -0.05) is 0 Å². The van der Waals surface area contributed by atoms with Gasteiger partial charge in [0.15, 0.2) is 0 Å². The Kier molecular flexibility index (Phi) is 4.68. The number of amides is 1. The molecule has 4 rings (SSSR count). The lowest BCUT2D eigenvalue weighted by Gasteiger charge is -2.04. The molecule has 0 aliphatic carbocycles. The molecule has 4 aromatic rings. The van der Waals surface area contributed by atoms with E-state index >= 15 is 0 Å². The molecule has 0 aliphatic heterocycles. The average molecular weight is 380 g/mol. The number of pyridine rings is 1. The molecular formula is C20H17FN4OS. The van der Waals surface area contributed by atoms with E-state index in [-0.39, 0.29) is 11.7 Å². The lowest BCUT2D eigenvalue weighted by molar-refractivity contribution is 0.0955. The third-order valence-electron chi connectivity index (χ3n) is 4.30. The van der Waals surface area contributed by atoms with Crippen molar-refractivity contribution in [1.82, 2.24) is 20.3 Å². The van der Waals surface area contributed by atoms with E-state index in [1.165, 1.54) is 12.1 Å². The summed E-state index contributed by atoms with van der Waals surface area (Å²) in [5.74, 6) is -0.576. The molecule has 1 amide bonds. The molecule has 1 aromatic carbocycles. The summed E-state index contributed by atoms with van der Waals surface area (Å²) < 4.78 is 13.5. The second kappa shape index (κ2) is 7.28. The maximum absolute atomic E-state index is 13.5. The van der Waals surface area contributed by atoms with Crippen LogP contribution in [0.5, 0.6) is 0 Å². The number of thiazole rings is 1. The molecule has 5 nitrogen and oxygen atoms in total. The first-order valence-electron chi connectivity index (χ1n) is 8.52. The van der Waals surface area contributed by atoms with Crippen LogP contribution in [-0.4, -0.2) is 27.4 Å². The maximum Gasteiger partial charge on any atom is 0.253 e. The molecule has 0 unspecified atom stereocenters. The van der Waals surface area contributed by atoms with Crippen LogP contribution in [0.25, 0.3) is 21.5 Å². The molecule has 3 heterocycles. The summed E-state index contributed by atoms with van der Waals surface area (Å²) in [7, 11) is 0. The highest BCUT2D eigenvalue weighted by Gasteiger charge is 2.16. The lowest BCUT2D eigenvalue weighted by Crippen LogP contribution is -2.26. The van der Waals surface area contributed by atoms with Gasteiger partial charge in [-0.25, -0.2) is 9.37 Å². The Morgan fingerprint density at radius 1 is 1.33 bits per heavy atom. The number of halogens is 1. The molecule has 0 fully saturated rings. The fraction of sp³-hybridized carbons (Fsp3) is 0.150. The molecule has 2 N–H and O–H groups in total. The number of hydrogen-bond acceptors (Lipinski definition) is 4. The number of aromatic amines is 1. The number of benzene rings is 1. The molecule has 7 heteroatoms. The van der Waals surface area contributed by atoms with Crippen LogP contribution in [0, 0.1) is 12.7 Å². The van der Waals surface area contributed by atoms with E-state index in [0.29, 0.717) is 23.9 Å². The summed E-state index contributed by atoms with van der Waals surface area (Å²) >= 11 is 1.55. The van der Waals surface area contributed by atoms with Crippen LogP contribution >= 0.6 is 11.3 Å². The number of carbonyl (C=O) groups is 1. The van der Waals surface area contributed by atoms with Gasteiger partial charge in [0, 0.05) is 52.9 Å². The first-order chi connectivity index (χ1) is 13.1. The minimum Gasteiger partial charge on any atom is -0.358 e. The average Bonchev–Trinajstić information content (AvgIpc) is 3.26. The molecule has 3 aromatic heterocycles. The molecule has 27 heavy (non-hydrogen) atoms. The molecule has 0 aliphatic rings. The van der Waals surface area contributed by atoms with Crippen LogP contribution < -0.4 is 5.32 Å². The zero-order chi connectivity index (χ0) is 18.8. The summed E-state index contributed by atoms with van der Waals surface area (Å²) in [6.45, 7) is 2.27. The Morgan fingerprint density at radius 2 is 2.22 bits per heavy atom. The Morgan fingerprint density at radius 3 is 3.04 bits per heavy atom. The van der Waals surface area contributed by atoms with E-state index in [1.807, 2.05) is 24.4 Å². The molecule has 0 atom stereocenters. The predicted molar refractivity (Wildman–Crippen MR) is 104 cm³/mol. The monoisotopic (exact) mass is 380 g/mol. The van der Waals surface area contributed by atoms with Crippen molar-refractivity contribution < 1.29 is 9.18 Å². The van der Waals surface area contributed by atoms with E-state index in [4.69, 9.17) is 0 Å². The molecule has 0 radical (unpaired) electrons. The van der Waals surface area contributed by atoms with Gasteiger partial charge in [0.2, 0.25) is 0 Å². The van der Waals surface area contributed by atoms with Crippen LogP contribution in [0.4, 0.5) is 4.39 Å². The maximum atomic E-state index is 13.5. The SMILES string of the molecule is Cc1[nH]c2ccc(F)cc2c1C(=O)NCCc1csc(-c2cccnc2)n1. The first-order valence-corrected chi connectivity index (χ1v) is 9.40. The number of aryl methyl sites for hydroxylation is 1. The molecule has 0 bridgehead atoms. The smallest absolute Gasteiger partial charge is 0.253 e. The lowest BCUT2D eigenvalue weighted by atomic mass is 10.1. The highest BCUT2D eigenvalue weighted by molar-refractivity contribution is 7.13. The van der Waals surface area contributed by atoms with Crippen molar-refractivity contribution in [1.29, 1.82) is 0 Å². The molecule has 0 spiro atoms. The number of fused-ring (bicyclic) bond motifs is 1. The summed E-state index contributed by atoms with van der Waals surface area (Å²) in [5, 5.41) is 6.40. The van der Waals surface area contributed by atoms with Gasteiger partial charge in [-0.2, -0.15) is 0 Å². The van der Waals surface area contributed by atoms with Crippen molar-refractivity contribution in [3.05, 3.63) is 70.9 Å². The number of hydrogen-bond donors (Lipinski definition) is 2. The fourth-order valence-electron chi connectivity index (χ4n) is 3.03. The highest BCUT2D eigenvalue weighted by Crippen LogP contribution is 2.24. The number of nitrogens with one attached hydrogen (secondary N) is 2. The van der Waals surface area contributed by atoms with Gasteiger partial charge in [-0.05, 0) is 37.3 Å². The third-order valence-corrected chi connectivity index (χ3v) is 5.24. The van der Waals surface area contributed by atoms with Crippen molar-refractivity contribution in [2.75, 3.05) is 6.54 Å². The fourth-order valence-corrected chi connectivity index (χ4v) is 3.87.